The highest BCUT2D eigenvalue weighted by molar-refractivity contribution is 4.93. The lowest BCUT2D eigenvalue weighted by molar-refractivity contribution is 0.00402. The molecule has 2 rings (SSSR count). The van der Waals surface area contributed by atoms with E-state index in [1.54, 1.807) is 0 Å². The van der Waals surface area contributed by atoms with Crippen LogP contribution in [-0.2, 0) is 0 Å². The zero-order valence-corrected chi connectivity index (χ0v) is 11.6. The highest BCUT2D eigenvalue weighted by atomic mass is 14.5. The largest absolute Gasteiger partial charge is 0.0615 e. The minimum absolute atomic E-state index is 0.648. The molecule has 0 aliphatic heterocycles. The number of hydrogen-bond acceptors (Lipinski definition) is 0. The van der Waals surface area contributed by atoms with Gasteiger partial charge in [0.15, 0.2) is 0 Å². The Kier molecular flexibility index (Phi) is 3.66. The van der Waals surface area contributed by atoms with Crippen LogP contribution in [0, 0.1) is 16.7 Å². The SMILES string of the molecule is CC1C2(C)CCCCCC1(C)CCCCC2. The lowest BCUT2D eigenvalue weighted by Crippen LogP contribution is -2.40. The van der Waals surface area contributed by atoms with Crippen LogP contribution < -0.4 is 0 Å². The van der Waals surface area contributed by atoms with Crippen molar-refractivity contribution < 1.29 is 0 Å². The highest BCUT2D eigenvalue weighted by Crippen LogP contribution is 2.54. The molecule has 0 nitrogen and oxygen atoms in total. The first-order valence-corrected chi connectivity index (χ1v) is 7.57. The fraction of sp³-hybridized carbons (Fsp3) is 1.00. The van der Waals surface area contributed by atoms with Crippen LogP contribution in [0.1, 0.15) is 85.0 Å². The van der Waals surface area contributed by atoms with Crippen LogP contribution in [0.4, 0.5) is 0 Å². The zero-order valence-electron chi connectivity index (χ0n) is 11.6. The van der Waals surface area contributed by atoms with E-state index in [4.69, 9.17) is 0 Å². The Morgan fingerprint density at radius 1 is 0.625 bits per heavy atom. The molecule has 0 aromatic heterocycles. The number of fused-ring (bicyclic) bond motifs is 2. The second kappa shape index (κ2) is 4.70. The van der Waals surface area contributed by atoms with Crippen molar-refractivity contribution in [2.45, 2.75) is 85.0 Å². The lowest BCUT2D eigenvalue weighted by Gasteiger charge is -2.50. The van der Waals surface area contributed by atoms with Gasteiger partial charge in [0, 0.05) is 0 Å². The average Bonchev–Trinajstić information content (AvgIpc) is 2.24. The van der Waals surface area contributed by atoms with Crippen molar-refractivity contribution in [3.63, 3.8) is 0 Å². The molecule has 0 aromatic carbocycles. The van der Waals surface area contributed by atoms with Gasteiger partial charge in [-0.25, -0.2) is 0 Å². The predicted octanol–water partition coefficient (Wildman–Crippen LogP) is 5.56. The molecule has 2 fully saturated rings. The molecule has 0 radical (unpaired) electrons. The molecule has 0 N–H and O–H groups in total. The number of hydrogen-bond donors (Lipinski definition) is 0. The Bertz CT molecular complexity index is 192. The predicted molar refractivity (Wildman–Crippen MR) is 71.5 cm³/mol. The summed E-state index contributed by atoms with van der Waals surface area (Å²) in [5.74, 6) is 0.931. The first-order chi connectivity index (χ1) is 7.57. The first kappa shape index (κ1) is 12.5. The van der Waals surface area contributed by atoms with Gasteiger partial charge in [0.25, 0.3) is 0 Å². The van der Waals surface area contributed by atoms with E-state index in [9.17, 15) is 0 Å². The Morgan fingerprint density at radius 3 is 1.25 bits per heavy atom. The third kappa shape index (κ3) is 2.31. The molecule has 0 aromatic rings. The normalized spacial score (nSPS) is 46.3. The van der Waals surface area contributed by atoms with Crippen LogP contribution in [0.5, 0.6) is 0 Å². The van der Waals surface area contributed by atoms with Gasteiger partial charge >= 0.3 is 0 Å². The van der Waals surface area contributed by atoms with Gasteiger partial charge in [-0.15, -0.1) is 0 Å². The smallest absolute Gasteiger partial charge is 0.0295 e. The van der Waals surface area contributed by atoms with Gasteiger partial charge in [-0.05, 0) is 42.4 Å². The minimum Gasteiger partial charge on any atom is -0.0615 e. The fourth-order valence-electron chi connectivity index (χ4n) is 4.43. The van der Waals surface area contributed by atoms with E-state index in [0.717, 1.165) is 5.92 Å². The Labute approximate surface area is 102 Å². The van der Waals surface area contributed by atoms with E-state index in [1.807, 2.05) is 0 Å². The quantitative estimate of drug-likeness (QED) is 0.503. The van der Waals surface area contributed by atoms with Gasteiger partial charge in [0.2, 0.25) is 0 Å². The summed E-state index contributed by atoms with van der Waals surface area (Å²) in [5.41, 5.74) is 1.30. The second-order valence-electron chi connectivity index (χ2n) is 7.15. The molecule has 0 unspecified atom stereocenters. The summed E-state index contributed by atoms with van der Waals surface area (Å²) >= 11 is 0. The maximum absolute atomic E-state index is 2.59. The van der Waals surface area contributed by atoms with Crippen LogP contribution in [-0.4, -0.2) is 0 Å². The monoisotopic (exact) mass is 222 g/mol. The molecule has 0 spiro atoms. The molecule has 2 aliphatic rings. The van der Waals surface area contributed by atoms with E-state index in [0.29, 0.717) is 10.8 Å². The molecule has 0 heteroatoms. The number of rotatable bonds is 0. The van der Waals surface area contributed by atoms with Gasteiger partial charge in [0.05, 0.1) is 0 Å². The topological polar surface area (TPSA) is 0 Å². The Balaban J connectivity index is 2.24. The van der Waals surface area contributed by atoms with Crippen molar-refractivity contribution in [2.75, 3.05) is 0 Å². The molecular weight excluding hydrogens is 192 g/mol. The molecule has 2 bridgehead atoms. The molecule has 0 atom stereocenters. The van der Waals surface area contributed by atoms with Gasteiger partial charge in [-0.2, -0.15) is 0 Å². The molecule has 2 aliphatic carbocycles. The summed E-state index contributed by atoms with van der Waals surface area (Å²) in [5, 5.41) is 0. The van der Waals surface area contributed by atoms with E-state index in [2.05, 4.69) is 20.8 Å². The van der Waals surface area contributed by atoms with Gasteiger partial charge in [0.1, 0.15) is 0 Å². The van der Waals surface area contributed by atoms with Gasteiger partial charge < -0.3 is 0 Å². The average molecular weight is 222 g/mol. The second-order valence-corrected chi connectivity index (χ2v) is 7.15. The van der Waals surface area contributed by atoms with Crippen molar-refractivity contribution >= 4 is 0 Å². The van der Waals surface area contributed by atoms with Crippen LogP contribution in [0.3, 0.4) is 0 Å². The molecule has 0 saturated heterocycles. The molecule has 94 valence electrons. The summed E-state index contributed by atoms with van der Waals surface area (Å²) in [7, 11) is 0. The summed E-state index contributed by atoms with van der Waals surface area (Å²) in [6.45, 7) is 7.75. The van der Waals surface area contributed by atoms with E-state index >= 15 is 0 Å². The van der Waals surface area contributed by atoms with Crippen LogP contribution in [0.15, 0.2) is 0 Å². The third-order valence-electron chi connectivity index (χ3n) is 6.08. The van der Waals surface area contributed by atoms with Crippen LogP contribution in [0.2, 0.25) is 0 Å². The van der Waals surface area contributed by atoms with E-state index in [1.165, 1.54) is 64.2 Å². The summed E-state index contributed by atoms with van der Waals surface area (Å²) in [4.78, 5) is 0. The fourth-order valence-corrected chi connectivity index (χ4v) is 4.43. The molecule has 0 heterocycles. The minimum atomic E-state index is 0.648. The van der Waals surface area contributed by atoms with Crippen molar-refractivity contribution in [1.29, 1.82) is 0 Å². The van der Waals surface area contributed by atoms with Crippen molar-refractivity contribution in [3.05, 3.63) is 0 Å². The van der Waals surface area contributed by atoms with Crippen molar-refractivity contribution in [1.82, 2.24) is 0 Å². The summed E-state index contributed by atoms with van der Waals surface area (Å²) in [6.07, 6.45) is 14.9. The van der Waals surface area contributed by atoms with Gasteiger partial charge in [-0.3, -0.25) is 0 Å². The van der Waals surface area contributed by atoms with Crippen molar-refractivity contribution in [3.8, 4) is 0 Å². The Morgan fingerprint density at radius 2 is 0.938 bits per heavy atom. The highest BCUT2D eigenvalue weighted by Gasteiger charge is 2.43. The van der Waals surface area contributed by atoms with E-state index in [-0.39, 0.29) is 0 Å². The van der Waals surface area contributed by atoms with Crippen LogP contribution in [0.25, 0.3) is 0 Å². The standard InChI is InChI=1S/C16H30/c1-14-15(2)10-6-4-8-12-16(14,3)13-9-5-7-11-15/h14H,4-13H2,1-3H3. The summed E-state index contributed by atoms with van der Waals surface area (Å²) in [6, 6.07) is 0. The molecule has 2 saturated carbocycles. The first-order valence-electron chi connectivity index (χ1n) is 7.57. The third-order valence-corrected chi connectivity index (χ3v) is 6.08. The zero-order chi connectivity index (χ0) is 11.6. The summed E-state index contributed by atoms with van der Waals surface area (Å²) < 4.78 is 0. The van der Waals surface area contributed by atoms with Gasteiger partial charge in [-0.1, -0.05) is 59.3 Å². The van der Waals surface area contributed by atoms with E-state index < -0.39 is 0 Å². The maximum atomic E-state index is 2.59. The molecule has 16 heavy (non-hydrogen) atoms. The molecular formula is C16H30. The lowest BCUT2D eigenvalue weighted by atomic mass is 9.55. The molecule has 0 amide bonds. The van der Waals surface area contributed by atoms with Crippen molar-refractivity contribution in [2.24, 2.45) is 16.7 Å². The van der Waals surface area contributed by atoms with Crippen LogP contribution >= 0.6 is 0 Å². The maximum Gasteiger partial charge on any atom is -0.0295 e. The Hall–Kier alpha value is 0.